The molecule has 1 aromatic heterocycles. The van der Waals surface area contributed by atoms with Crippen molar-refractivity contribution in [1.29, 1.82) is 0 Å². The standard InChI is InChI=1S/C15H13ClF2N2O/c1-15(2,10-4-3-9(16)7-11(10)17)14(21)20-13-5-6-19-8-12(13)18/h3-8H,1-2H3,(H,19,20,21). The molecule has 0 aliphatic rings. The van der Waals surface area contributed by atoms with Crippen LogP contribution in [0.2, 0.25) is 5.02 Å². The van der Waals surface area contributed by atoms with E-state index in [1.54, 1.807) is 13.8 Å². The van der Waals surface area contributed by atoms with Crippen molar-refractivity contribution in [1.82, 2.24) is 4.98 Å². The van der Waals surface area contributed by atoms with Gasteiger partial charge in [-0.2, -0.15) is 0 Å². The monoisotopic (exact) mass is 310 g/mol. The van der Waals surface area contributed by atoms with Gasteiger partial charge in [0.2, 0.25) is 5.91 Å². The Balaban J connectivity index is 2.30. The zero-order valence-corrected chi connectivity index (χ0v) is 12.2. The first kappa shape index (κ1) is 15.4. The van der Waals surface area contributed by atoms with Gasteiger partial charge >= 0.3 is 0 Å². The average Bonchev–Trinajstić information content (AvgIpc) is 2.40. The van der Waals surface area contributed by atoms with Crippen molar-refractivity contribution < 1.29 is 13.6 Å². The van der Waals surface area contributed by atoms with E-state index < -0.39 is 23.0 Å². The Morgan fingerprint density at radius 3 is 2.57 bits per heavy atom. The number of anilines is 1. The van der Waals surface area contributed by atoms with Crippen molar-refractivity contribution in [3.05, 3.63) is 58.9 Å². The van der Waals surface area contributed by atoms with Gasteiger partial charge in [0.25, 0.3) is 0 Å². The lowest BCUT2D eigenvalue weighted by Crippen LogP contribution is -2.35. The first-order chi connectivity index (χ1) is 9.82. The summed E-state index contributed by atoms with van der Waals surface area (Å²) in [5.74, 6) is -1.77. The van der Waals surface area contributed by atoms with Crippen LogP contribution >= 0.6 is 11.6 Å². The van der Waals surface area contributed by atoms with E-state index in [2.05, 4.69) is 10.3 Å². The minimum atomic E-state index is -1.19. The third kappa shape index (κ3) is 3.19. The van der Waals surface area contributed by atoms with Gasteiger partial charge in [0.05, 0.1) is 17.3 Å². The normalized spacial score (nSPS) is 11.3. The number of carbonyl (C=O) groups is 1. The molecule has 0 bridgehead atoms. The molecule has 3 nitrogen and oxygen atoms in total. The van der Waals surface area contributed by atoms with Crippen LogP contribution in [0.25, 0.3) is 0 Å². The van der Waals surface area contributed by atoms with E-state index in [-0.39, 0.29) is 16.3 Å². The molecule has 0 spiro atoms. The zero-order chi connectivity index (χ0) is 15.6. The smallest absolute Gasteiger partial charge is 0.234 e. The summed E-state index contributed by atoms with van der Waals surface area (Å²) in [6.45, 7) is 3.10. The Bertz CT molecular complexity index is 689. The van der Waals surface area contributed by atoms with E-state index in [4.69, 9.17) is 11.6 Å². The number of carbonyl (C=O) groups excluding carboxylic acids is 1. The van der Waals surface area contributed by atoms with Gasteiger partial charge in [-0.15, -0.1) is 0 Å². The molecule has 0 aliphatic carbocycles. The second-order valence-electron chi connectivity index (χ2n) is 5.06. The Hall–Kier alpha value is -2.01. The summed E-state index contributed by atoms with van der Waals surface area (Å²) in [4.78, 5) is 15.9. The first-order valence-electron chi connectivity index (χ1n) is 6.19. The second-order valence-corrected chi connectivity index (χ2v) is 5.50. The van der Waals surface area contributed by atoms with E-state index in [9.17, 15) is 13.6 Å². The van der Waals surface area contributed by atoms with Gasteiger partial charge in [-0.05, 0) is 32.0 Å². The molecule has 2 aromatic rings. The summed E-state index contributed by atoms with van der Waals surface area (Å²) in [5.41, 5.74) is -1.01. The molecular formula is C15H13ClF2N2O. The van der Waals surface area contributed by atoms with Gasteiger partial charge in [0, 0.05) is 16.8 Å². The number of amides is 1. The van der Waals surface area contributed by atoms with Gasteiger partial charge in [0.1, 0.15) is 5.82 Å². The number of benzene rings is 1. The number of pyridine rings is 1. The van der Waals surface area contributed by atoms with Crippen molar-refractivity contribution in [2.75, 3.05) is 5.32 Å². The maximum atomic E-state index is 14.0. The third-order valence-electron chi connectivity index (χ3n) is 3.19. The quantitative estimate of drug-likeness (QED) is 0.933. The largest absolute Gasteiger partial charge is 0.323 e. The highest BCUT2D eigenvalue weighted by Crippen LogP contribution is 2.29. The number of halogens is 3. The Labute approximate surface area is 126 Å². The van der Waals surface area contributed by atoms with Crippen LogP contribution in [0.5, 0.6) is 0 Å². The number of rotatable bonds is 3. The minimum Gasteiger partial charge on any atom is -0.323 e. The van der Waals surface area contributed by atoms with Crippen molar-refractivity contribution >= 4 is 23.2 Å². The lowest BCUT2D eigenvalue weighted by Gasteiger charge is -2.24. The third-order valence-corrected chi connectivity index (χ3v) is 3.43. The molecule has 1 aromatic carbocycles. The Kier molecular flexibility index (Phi) is 4.23. The SMILES string of the molecule is CC(C)(C(=O)Nc1ccncc1F)c1ccc(Cl)cc1F. The van der Waals surface area contributed by atoms with E-state index in [0.29, 0.717) is 0 Å². The van der Waals surface area contributed by atoms with Crippen molar-refractivity contribution in [2.45, 2.75) is 19.3 Å². The first-order valence-corrected chi connectivity index (χ1v) is 6.56. The molecule has 0 aliphatic heterocycles. The number of hydrogen-bond donors (Lipinski definition) is 1. The predicted octanol–water partition coefficient (Wildman–Crippen LogP) is 3.93. The van der Waals surface area contributed by atoms with Crippen LogP contribution in [-0.4, -0.2) is 10.9 Å². The lowest BCUT2D eigenvalue weighted by molar-refractivity contribution is -0.120. The fourth-order valence-electron chi connectivity index (χ4n) is 1.87. The number of aromatic nitrogens is 1. The molecule has 0 saturated carbocycles. The highest BCUT2D eigenvalue weighted by atomic mass is 35.5. The number of nitrogens with one attached hydrogen (secondary N) is 1. The molecular weight excluding hydrogens is 298 g/mol. The van der Waals surface area contributed by atoms with Crippen LogP contribution in [0, 0.1) is 11.6 Å². The maximum Gasteiger partial charge on any atom is 0.234 e. The minimum absolute atomic E-state index is 0.00236. The van der Waals surface area contributed by atoms with Crippen molar-refractivity contribution in [3.8, 4) is 0 Å². The van der Waals surface area contributed by atoms with E-state index in [1.807, 2.05) is 0 Å². The van der Waals surface area contributed by atoms with Crippen LogP contribution in [0.4, 0.5) is 14.5 Å². The second kappa shape index (κ2) is 5.77. The summed E-state index contributed by atoms with van der Waals surface area (Å²) in [6, 6.07) is 5.42. The van der Waals surface area contributed by atoms with Gasteiger partial charge in [0.15, 0.2) is 5.82 Å². The van der Waals surface area contributed by atoms with Gasteiger partial charge in [-0.1, -0.05) is 17.7 Å². The van der Waals surface area contributed by atoms with Gasteiger partial charge in [-0.25, -0.2) is 8.78 Å². The van der Waals surface area contributed by atoms with Crippen LogP contribution < -0.4 is 5.32 Å². The molecule has 2 rings (SSSR count). The van der Waals surface area contributed by atoms with Crippen molar-refractivity contribution in [3.63, 3.8) is 0 Å². The fraction of sp³-hybridized carbons (Fsp3) is 0.200. The summed E-state index contributed by atoms with van der Waals surface area (Å²) in [6.07, 6.45) is 2.35. The lowest BCUT2D eigenvalue weighted by atomic mass is 9.83. The molecule has 1 amide bonds. The average molecular weight is 311 g/mol. The Morgan fingerprint density at radius 1 is 1.24 bits per heavy atom. The molecule has 6 heteroatoms. The molecule has 0 fully saturated rings. The molecule has 1 heterocycles. The van der Waals surface area contributed by atoms with Crippen molar-refractivity contribution in [2.24, 2.45) is 0 Å². The maximum absolute atomic E-state index is 14.0. The molecule has 0 atom stereocenters. The summed E-state index contributed by atoms with van der Waals surface area (Å²) in [5, 5.41) is 2.68. The van der Waals surface area contributed by atoms with Gasteiger partial charge < -0.3 is 5.32 Å². The molecule has 21 heavy (non-hydrogen) atoms. The fourth-order valence-corrected chi connectivity index (χ4v) is 2.03. The van der Waals surface area contributed by atoms with E-state index >= 15 is 0 Å². The topological polar surface area (TPSA) is 42.0 Å². The zero-order valence-electron chi connectivity index (χ0n) is 11.5. The van der Waals surface area contributed by atoms with Crippen LogP contribution in [0.1, 0.15) is 19.4 Å². The van der Waals surface area contributed by atoms with Crippen LogP contribution in [0.15, 0.2) is 36.7 Å². The summed E-state index contributed by atoms with van der Waals surface area (Å²) >= 11 is 5.70. The summed E-state index contributed by atoms with van der Waals surface area (Å²) < 4.78 is 27.5. The number of nitrogens with zero attached hydrogens (tertiary/aromatic N) is 1. The molecule has 0 saturated heterocycles. The number of hydrogen-bond acceptors (Lipinski definition) is 2. The summed E-state index contributed by atoms with van der Waals surface area (Å²) in [7, 11) is 0. The van der Waals surface area contributed by atoms with Crippen LogP contribution in [0.3, 0.4) is 0 Å². The molecule has 1 N–H and O–H groups in total. The Morgan fingerprint density at radius 2 is 1.95 bits per heavy atom. The molecule has 110 valence electrons. The molecule has 0 radical (unpaired) electrons. The van der Waals surface area contributed by atoms with E-state index in [1.165, 1.54) is 24.4 Å². The van der Waals surface area contributed by atoms with E-state index in [0.717, 1.165) is 12.3 Å². The van der Waals surface area contributed by atoms with Crippen LogP contribution in [-0.2, 0) is 10.2 Å². The van der Waals surface area contributed by atoms with Gasteiger partial charge in [-0.3, -0.25) is 9.78 Å². The molecule has 0 unspecified atom stereocenters. The highest BCUT2D eigenvalue weighted by molar-refractivity contribution is 6.30. The predicted molar refractivity (Wildman–Crippen MR) is 77.3 cm³/mol. The highest BCUT2D eigenvalue weighted by Gasteiger charge is 2.33.